The third kappa shape index (κ3) is 4.44. The number of carbonyl (C=O) groups excluding carboxylic acids is 2. The van der Waals surface area contributed by atoms with Crippen molar-refractivity contribution in [1.29, 1.82) is 0 Å². The molecule has 2 aromatic rings. The van der Waals surface area contributed by atoms with E-state index in [2.05, 4.69) is 5.92 Å². The second-order valence-corrected chi connectivity index (χ2v) is 7.63. The number of imide groups is 1. The molecule has 5 nitrogen and oxygen atoms in total. The van der Waals surface area contributed by atoms with E-state index in [0.29, 0.717) is 22.9 Å². The van der Waals surface area contributed by atoms with Crippen LogP contribution in [0.1, 0.15) is 11.1 Å². The highest BCUT2D eigenvalue weighted by Gasteiger charge is 2.39. The number of rotatable bonds is 7. The highest BCUT2D eigenvalue weighted by Crippen LogP contribution is 2.34. The van der Waals surface area contributed by atoms with Crippen LogP contribution in [-0.2, 0) is 17.8 Å². The zero-order chi connectivity index (χ0) is 20.1. The first-order chi connectivity index (χ1) is 13.5. The summed E-state index contributed by atoms with van der Waals surface area (Å²) in [6.45, 7) is 0.307. The van der Waals surface area contributed by atoms with Crippen LogP contribution in [0.4, 0.5) is 4.79 Å². The number of methoxy groups -OCH3 is 1. The monoisotopic (exact) mass is 415 g/mol. The number of ether oxygens (including phenoxy) is 2. The van der Waals surface area contributed by atoms with E-state index in [9.17, 15) is 9.59 Å². The molecule has 1 saturated heterocycles. The van der Waals surface area contributed by atoms with Crippen LogP contribution in [0.5, 0.6) is 11.5 Å². The minimum Gasteiger partial charge on any atom is -0.493 e. The molecule has 144 valence electrons. The summed E-state index contributed by atoms with van der Waals surface area (Å²) in [5.41, 5.74) is 1.60. The van der Waals surface area contributed by atoms with Gasteiger partial charge in [-0.2, -0.15) is 0 Å². The van der Waals surface area contributed by atoms with E-state index < -0.39 is 5.25 Å². The summed E-state index contributed by atoms with van der Waals surface area (Å²) < 4.78 is 10.8. The van der Waals surface area contributed by atoms with Crippen molar-refractivity contribution in [2.45, 2.75) is 18.2 Å². The predicted octanol–water partition coefficient (Wildman–Crippen LogP) is 4.17. The van der Waals surface area contributed by atoms with Crippen LogP contribution < -0.4 is 9.47 Å². The van der Waals surface area contributed by atoms with Crippen molar-refractivity contribution in [3.8, 4) is 23.8 Å². The molecule has 0 saturated carbocycles. The Hall–Kier alpha value is -2.62. The fraction of sp³-hybridized carbons (Fsp3) is 0.238. The van der Waals surface area contributed by atoms with Crippen molar-refractivity contribution in [1.82, 2.24) is 4.90 Å². The lowest BCUT2D eigenvalue weighted by molar-refractivity contribution is -0.127. The van der Waals surface area contributed by atoms with E-state index in [0.717, 1.165) is 22.9 Å². The smallest absolute Gasteiger partial charge is 0.289 e. The van der Waals surface area contributed by atoms with E-state index >= 15 is 0 Å². The van der Waals surface area contributed by atoms with Gasteiger partial charge in [0.05, 0.1) is 18.9 Å². The molecule has 1 aliphatic rings. The molecule has 0 aliphatic carbocycles. The maximum atomic E-state index is 12.8. The predicted molar refractivity (Wildman–Crippen MR) is 110 cm³/mol. The highest BCUT2D eigenvalue weighted by atomic mass is 35.5. The third-order valence-electron chi connectivity index (χ3n) is 4.25. The Balaban J connectivity index is 1.72. The third-order valence-corrected chi connectivity index (χ3v) is 5.69. The van der Waals surface area contributed by atoms with E-state index in [1.54, 1.807) is 30.3 Å². The van der Waals surface area contributed by atoms with Gasteiger partial charge in [-0.3, -0.25) is 14.5 Å². The molecule has 1 atom stereocenters. The highest BCUT2D eigenvalue weighted by molar-refractivity contribution is 8.15. The number of nitrogens with zero attached hydrogens (tertiary/aromatic N) is 1. The summed E-state index contributed by atoms with van der Waals surface area (Å²) in [4.78, 5) is 26.4. The van der Waals surface area contributed by atoms with E-state index in [4.69, 9.17) is 27.5 Å². The van der Waals surface area contributed by atoms with Gasteiger partial charge in [-0.1, -0.05) is 53.5 Å². The lowest BCUT2D eigenvalue weighted by atomic mass is 10.1. The molecule has 3 rings (SSSR count). The second-order valence-electron chi connectivity index (χ2n) is 6.07. The number of benzene rings is 2. The van der Waals surface area contributed by atoms with Crippen LogP contribution in [0.25, 0.3) is 0 Å². The molecular formula is C21H18ClNO4S. The van der Waals surface area contributed by atoms with Crippen LogP contribution in [0.3, 0.4) is 0 Å². The standard InChI is InChI=1S/C21H18ClNO4S/c1-3-10-27-17-9-8-14(11-18(17)26-2)12-19-20(24)23(21(25)28-19)13-15-6-4-5-7-16(15)22/h1,4-9,11,19H,10,12-13H2,2H3/t19-/m0/s1. The number of hydrogen-bond donors (Lipinski definition) is 0. The van der Waals surface area contributed by atoms with Crippen LogP contribution in [0.2, 0.25) is 5.02 Å². The molecule has 1 fully saturated rings. The van der Waals surface area contributed by atoms with Crippen molar-refractivity contribution in [3.63, 3.8) is 0 Å². The topological polar surface area (TPSA) is 55.8 Å². The molecule has 7 heteroatoms. The van der Waals surface area contributed by atoms with Crippen molar-refractivity contribution in [2.24, 2.45) is 0 Å². The van der Waals surface area contributed by atoms with Gasteiger partial charge in [0.1, 0.15) is 6.61 Å². The van der Waals surface area contributed by atoms with Crippen LogP contribution in [0.15, 0.2) is 42.5 Å². The van der Waals surface area contributed by atoms with E-state index in [-0.39, 0.29) is 24.3 Å². The fourth-order valence-electron chi connectivity index (χ4n) is 2.86. The summed E-state index contributed by atoms with van der Waals surface area (Å²) in [6.07, 6.45) is 5.61. The van der Waals surface area contributed by atoms with Gasteiger partial charge in [0.25, 0.3) is 5.24 Å². The van der Waals surface area contributed by atoms with Crippen LogP contribution in [0, 0.1) is 12.3 Å². The summed E-state index contributed by atoms with van der Waals surface area (Å²) in [6, 6.07) is 12.6. The number of thioether (sulfide) groups is 1. The van der Waals surface area contributed by atoms with Crippen molar-refractivity contribution in [2.75, 3.05) is 13.7 Å². The van der Waals surface area contributed by atoms with Gasteiger partial charge in [0.2, 0.25) is 5.91 Å². The molecule has 1 heterocycles. The molecule has 0 aromatic heterocycles. The molecule has 28 heavy (non-hydrogen) atoms. The minimum atomic E-state index is -0.489. The van der Waals surface area contributed by atoms with E-state index in [1.165, 1.54) is 12.0 Å². The Morgan fingerprint density at radius 3 is 2.71 bits per heavy atom. The number of carbonyl (C=O) groups is 2. The first-order valence-electron chi connectivity index (χ1n) is 8.52. The summed E-state index contributed by atoms with van der Waals surface area (Å²) in [5, 5.41) is -0.225. The zero-order valence-electron chi connectivity index (χ0n) is 15.2. The largest absolute Gasteiger partial charge is 0.493 e. The maximum Gasteiger partial charge on any atom is 0.289 e. The maximum absolute atomic E-state index is 12.8. The normalized spacial score (nSPS) is 16.2. The van der Waals surface area contributed by atoms with Gasteiger partial charge in [0.15, 0.2) is 11.5 Å². The van der Waals surface area contributed by atoms with Crippen molar-refractivity contribution < 1.29 is 19.1 Å². The van der Waals surface area contributed by atoms with Gasteiger partial charge < -0.3 is 9.47 Å². The minimum absolute atomic E-state index is 0.137. The van der Waals surface area contributed by atoms with Crippen LogP contribution >= 0.6 is 23.4 Å². The Morgan fingerprint density at radius 1 is 1.21 bits per heavy atom. The first kappa shape index (κ1) is 20.1. The molecule has 0 spiro atoms. The summed E-state index contributed by atoms with van der Waals surface area (Å²) >= 11 is 7.18. The fourth-order valence-corrected chi connectivity index (χ4v) is 4.08. The Labute approximate surface area is 173 Å². The van der Waals surface area contributed by atoms with Crippen molar-refractivity contribution in [3.05, 3.63) is 58.6 Å². The number of terminal acetylenes is 1. The van der Waals surface area contributed by atoms with Gasteiger partial charge in [0, 0.05) is 5.02 Å². The van der Waals surface area contributed by atoms with Gasteiger partial charge >= 0.3 is 0 Å². The second kappa shape index (κ2) is 9.05. The molecule has 2 aromatic carbocycles. The Morgan fingerprint density at radius 2 is 2.00 bits per heavy atom. The lowest BCUT2D eigenvalue weighted by Crippen LogP contribution is -2.31. The molecule has 0 N–H and O–H groups in total. The average Bonchev–Trinajstić information content (AvgIpc) is 2.95. The van der Waals surface area contributed by atoms with Gasteiger partial charge in [-0.15, -0.1) is 6.42 Å². The number of amides is 2. The zero-order valence-corrected chi connectivity index (χ0v) is 16.8. The van der Waals surface area contributed by atoms with E-state index in [1.807, 2.05) is 12.1 Å². The SMILES string of the molecule is C#CCOc1ccc(C[C@@H]2SC(=O)N(Cc3ccccc3Cl)C2=O)cc1OC. The Kier molecular flexibility index (Phi) is 6.50. The quantitative estimate of drug-likeness (QED) is 0.635. The van der Waals surface area contributed by atoms with Crippen molar-refractivity contribution >= 4 is 34.5 Å². The molecular weight excluding hydrogens is 398 g/mol. The van der Waals surface area contributed by atoms with Gasteiger partial charge in [-0.25, -0.2) is 0 Å². The molecule has 0 bridgehead atoms. The Bertz CT molecular complexity index is 940. The summed E-state index contributed by atoms with van der Waals surface area (Å²) in [5.74, 6) is 3.24. The molecule has 0 radical (unpaired) electrons. The molecule has 0 unspecified atom stereocenters. The average molecular weight is 416 g/mol. The molecule has 1 aliphatic heterocycles. The molecule has 2 amide bonds. The number of halogens is 1. The number of hydrogen-bond acceptors (Lipinski definition) is 5. The summed E-state index contributed by atoms with van der Waals surface area (Å²) in [7, 11) is 1.53. The van der Waals surface area contributed by atoms with Gasteiger partial charge in [-0.05, 0) is 35.7 Å². The first-order valence-corrected chi connectivity index (χ1v) is 9.77. The lowest BCUT2D eigenvalue weighted by Gasteiger charge is -2.15. The van der Waals surface area contributed by atoms with Crippen LogP contribution in [-0.4, -0.2) is 35.0 Å².